The zero-order valence-electron chi connectivity index (χ0n) is 7.60. The van der Waals surface area contributed by atoms with Gasteiger partial charge in [-0.3, -0.25) is 0 Å². The van der Waals surface area contributed by atoms with Crippen LogP contribution in [0.2, 0.25) is 0 Å². The molecule has 0 atom stereocenters. The maximum atomic E-state index is 12.7. The molecular formula is C11H12FN. The van der Waals surface area contributed by atoms with Crippen molar-refractivity contribution in [1.82, 2.24) is 5.32 Å². The highest BCUT2D eigenvalue weighted by atomic mass is 19.1. The Morgan fingerprint density at radius 2 is 2.31 bits per heavy atom. The monoisotopic (exact) mass is 177 g/mol. The van der Waals surface area contributed by atoms with E-state index >= 15 is 0 Å². The van der Waals surface area contributed by atoms with Crippen molar-refractivity contribution < 1.29 is 4.39 Å². The lowest BCUT2D eigenvalue weighted by Gasteiger charge is -1.90. The molecule has 1 N–H and O–H groups in total. The van der Waals surface area contributed by atoms with Crippen LogP contribution in [0.15, 0.2) is 24.3 Å². The Hall–Kier alpha value is -1.33. The van der Waals surface area contributed by atoms with Crippen LogP contribution >= 0.6 is 0 Å². The first-order chi connectivity index (χ1) is 6.33. The van der Waals surface area contributed by atoms with Gasteiger partial charge in [0.2, 0.25) is 0 Å². The maximum Gasteiger partial charge on any atom is 0.124 e. The number of rotatable bonds is 2. The van der Waals surface area contributed by atoms with E-state index in [0.717, 1.165) is 18.5 Å². The Kier molecular flexibility index (Phi) is 4.01. The summed E-state index contributed by atoms with van der Waals surface area (Å²) >= 11 is 0. The standard InChI is InChI=1S/C11H12FN/c1-13-8-3-2-5-10-6-4-7-11(12)9-10/h4,6-7,9,13H,3,8H2,1H3. The summed E-state index contributed by atoms with van der Waals surface area (Å²) in [5.41, 5.74) is 0.733. The highest BCUT2D eigenvalue weighted by Gasteiger charge is 1.88. The van der Waals surface area contributed by atoms with Gasteiger partial charge in [-0.05, 0) is 25.2 Å². The lowest BCUT2D eigenvalue weighted by molar-refractivity contribution is 0.627. The Bertz CT molecular complexity index is 322. The van der Waals surface area contributed by atoms with Crippen molar-refractivity contribution in [2.45, 2.75) is 6.42 Å². The lowest BCUT2D eigenvalue weighted by atomic mass is 10.2. The van der Waals surface area contributed by atoms with Gasteiger partial charge in [0, 0.05) is 18.5 Å². The van der Waals surface area contributed by atoms with E-state index in [4.69, 9.17) is 0 Å². The van der Waals surface area contributed by atoms with Crippen molar-refractivity contribution in [3.63, 3.8) is 0 Å². The second kappa shape index (κ2) is 5.34. The summed E-state index contributed by atoms with van der Waals surface area (Å²) in [7, 11) is 1.88. The molecule has 0 saturated carbocycles. The molecule has 0 spiro atoms. The Labute approximate surface area is 78.0 Å². The summed E-state index contributed by atoms with van der Waals surface area (Å²) in [5, 5.41) is 2.99. The molecule has 1 rings (SSSR count). The quantitative estimate of drug-likeness (QED) is 0.536. The fraction of sp³-hybridized carbons (Fsp3) is 0.273. The molecule has 13 heavy (non-hydrogen) atoms. The van der Waals surface area contributed by atoms with Gasteiger partial charge in [-0.1, -0.05) is 17.9 Å². The van der Waals surface area contributed by atoms with Crippen molar-refractivity contribution >= 4 is 0 Å². The Morgan fingerprint density at radius 1 is 1.46 bits per heavy atom. The summed E-state index contributed by atoms with van der Waals surface area (Å²) in [6.07, 6.45) is 0.785. The van der Waals surface area contributed by atoms with Gasteiger partial charge in [0.15, 0.2) is 0 Å². The van der Waals surface area contributed by atoms with Crippen LogP contribution < -0.4 is 5.32 Å². The van der Waals surface area contributed by atoms with Crippen LogP contribution in [-0.4, -0.2) is 13.6 Å². The SMILES string of the molecule is CNCCC#Cc1cccc(F)c1. The fourth-order valence-electron chi connectivity index (χ4n) is 0.918. The first kappa shape index (κ1) is 9.76. The highest BCUT2D eigenvalue weighted by Crippen LogP contribution is 2.00. The van der Waals surface area contributed by atoms with Crippen LogP contribution in [0.4, 0.5) is 4.39 Å². The molecule has 0 aromatic heterocycles. The van der Waals surface area contributed by atoms with Crippen LogP contribution in [0.1, 0.15) is 12.0 Å². The zero-order chi connectivity index (χ0) is 9.52. The fourth-order valence-corrected chi connectivity index (χ4v) is 0.918. The van der Waals surface area contributed by atoms with Crippen molar-refractivity contribution in [2.24, 2.45) is 0 Å². The number of halogens is 1. The topological polar surface area (TPSA) is 12.0 Å². The van der Waals surface area contributed by atoms with Gasteiger partial charge in [0.25, 0.3) is 0 Å². The number of hydrogen-bond acceptors (Lipinski definition) is 1. The van der Waals surface area contributed by atoms with E-state index in [-0.39, 0.29) is 5.82 Å². The Morgan fingerprint density at radius 3 is 3.00 bits per heavy atom. The molecule has 0 radical (unpaired) electrons. The van der Waals surface area contributed by atoms with E-state index in [1.165, 1.54) is 12.1 Å². The van der Waals surface area contributed by atoms with Gasteiger partial charge in [-0.15, -0.1) is 0 Å². The summed E-state index contributed by atoms with van der Waals surface area (Å²) in [6, 6.07) is 6.32. The first-order valence-corrected chi connectivity index (χ1v) is 4.22. The predicted octanol–water partition coefficient (Wildman–Crippen LogP) is 1.79. The summed E-state index contributed by atoms with van der Waals surface area (Å²) in [6.45, 7) is 0.863. The smallest absolute Gasteiger partial charge is 0.124 e. The normalized spacial score (nSPS) is 9.08. The third kappa shape index (κ3) is 3.73. The van der Waals surface area contributed by atoms with E-state index in [2.05, 4.69) is 17.2 Å². The van der Waals surface area contributed by atoms with Gasteiger partial charge in [-0.25, -0.2) is 4.39 Å². The molecule has 0 saturated heterocycles. The molecule has 0 amide bonds. The number of benzene rings is 1. The molecule has 2 heteroatoms. The summed E-state index contributed by atoms with van der Waals surface area (Å²) in [4.78, 5) is 0. The van der Waals surface area contributed by atoms with Gasteiger partial charge in [-0.2, -0.15) is 0 Å². The molecule has 0 unspecified atom stereocenters. The lowest BCUT2D eigenvalue weighted by Crippen LogP contribution is -2.05. The van der Waals surface area contributed by atoms with Crippen LogP contribution in [-0.2, 0) is 0 Å². The van der Waals surface area contributed by atoms with Gasteiger partial charge in [0.05, 0.1) is 0 Å². The number of nitrogens with one attached hydrogen (secondary N) is 1. The number of hydrogen-bond donors (Lipinski definition) is 1. The third-order valence-electron chi connectivity index (χ3n) is 1.56. The van der Waals surface area contributed by atoms with E-state index in [1.54, 1.807) is 12.1 Å². The minimum atomic E-state index is -0.236. The van der Waals surface area contributed by atoms with Crippen LogP contribution in [0.25, 0.3) is 0 Å². The molecule has 0 heterocycles. The minimum Gasteiger partial charge on any atom is -0.319 e. The van der Waals surface area contributed by atoms with Gasteiger partial charge < -0.3 is 5.32 Å². The van der Waals surface area contributed by atoms with Crippen LogP contribution in [0.5, 0.6) is 0 Å². The van der Waals surface area contributed by atoms with Crippen molar-refractivity contribution in [3.8, 4) is 11.8 Å². The predicted molar refractivity (Wildman–Crippen MR) is 51.8 cm³/mol. The molecule has 1 aromatic rings. The molecule has 0 bridgehead atoms. The molecule has 0 aliphatic rings. The van der Waals surface area contributed by atoms with E-state index in [9.17, 15) is 4.39 Å². The third-order valence-corrected chi connectivity index (χ3v) is 1.56. The van der Waals surface area contributed by atoms with Crippen molar-refractivity contribution in [3.05, 3.63) is 35.6 Å². The van der Waals surface area contributed by atoms with Gasteiger partial charge in [0.1, 0.15) is 5.82 Å². The molecule has 0 fully saturated rings. The van der Waals surface area contributed by atoms with Crippen molar-refractivity contribution in [2.75, 3.05) is 13.6 Å². The largest absolute Gasteiger partial charge is 0.319 e. The zero-order valence-corrected chi connectivity index (χ0v) is 7.60. The molecule has 0 aliphatic carbocycles. The second-order valence-electron chi connectivity index (χ2n) is 2.67. The van der Waals surface area contributed by atoms with Crippen LogP contribution in [0, 0.1) is 17.7 Å². The molecule has 0 aliphatic heterocycles. The van der Waals surface area contributed by atoms with E-state index < -0.39 is 0 Å². The summed E-state index contributed by atoms with van der Waals surface area (Å²) in [5.74, 6) is 5.61. The molecular weight excluding hydrogens is 165 g/mol. The maximum absolute atomic E-state index is 12.7. The second-order valence-corrected chi connectivity index (χ2v) is 2.67. The average molecular weight is 177 g/mol. The minimum absolute atomic E-state index is 0.236. The first-order valence-electron chi connectivity index (χ1n) is 4.22. The van der Waals surface area contributed by atoms with Gasteiger partial charge >= 0.3 is 0 Å². The highest BCUT2D eigenvalue weighted by molar-refractivity contribution is 5.34. The molecule has 1 aromatic carbocycles. The molecule has 1 nitrogen and oxygen atoms in total. The average Bonchev–Trinajstić information content (AvgIpc) is 2.13. The van der Waals surface area contributed by atoms with Crippen molar-refractivity contribution in [1.29, 1.82) is 0 Å². The molecule has 68 valence electrons. The van der Waals surface area contributed by atoms with Crippen LogP contribution in [0.3, 0.4) is 0 Å². The van der Waals surface area contributed by atoms with E-state index in [0.29, 0.717) is 0 Å². The summed E-state index contributed by atoms with van der Waals surface area (Å²) < 4.78 is 12.7. The Balaban J connectivity index is 2.56. The van der Waals surface area contributed by atoms with E-state index in [1.807, 2.05) is 7.05 Å².